The molecule has 1 atom stereocenters. The molecule has 1 fully saturated rings. The Balaban J connectivity index is 1.75. The zero-order valence-corrected chi connectivity index (χ0v) is 10.9. The Labute approximate surface area is 114 Å². The number of anilines is 1. The van der Waals surface area contributed by atoms with Crippen LogP contribution in [-0.4, -0.2) is 44.5 Å². The summed E-state index contributed by atoms with van der Waals surface area (Å²) in [4.78, 5) is 0. The normalized spacial score (nSPS) is 18.9. The molecule has 2 aromatic heterocycles. The first-order chi connectivity index (χ1) is 9.92. The van der Waals surface area contributed by atoms with Crippen LogP contribution >= 0.6 is 0 Å². The average Bonchev–Trinajstić information content (AvgIpc) is 3.16. The third-order valence-electron chi connectivity index (χ3n) is 3.59. The van der Waals surface area contributed by atoms with Crippen molar-refractivity contribution in [1.82, 2.24) is 25.3 Å². The van der Waals surface area contributed by atoms with E-state index in [-0.39, 0.29) is 6.10 Å². The molecule has 20 heavy (non-hydrogen) atoms. The van der Waals surface area contributed by atoms with Gasteiger partial charge in [0.15, 0.2) is 5.82 Å². The Kier molecular flexibility index (Phi) is 2.70. The van der Waals surface area contributed by atoms with Crippen LogP contribution < -0.4 is 5.32 Å². The van der Waals surface area contributed by atoms with E-state index in [4.69, 9.17) is 4.74 Å². The van der Waals surface area contributed by atoms with Crippen LogP contribution in [0, 0.1) is 0 Å². The minimum atomic E-state index is 0.264. The second-order valence-electron chi connectivity index (χ2n) is 4.90. The monoisotopic (exact) mass is 270 g/mol. The molecule has 0 amide bonds. The van der Waals surface area contributed by atoms with E-state index in [0.29, 0.717) is 5.65 Å². The van der Waals surface area contributed by atoms with Crippen molar-refractivity contribution >= 4 is 22.2 Å². The van der Waals surface area contributed by atoms with Gasteiger partial charge in [-0.25, -0.2) is 0 Å². The molecule has 0 spiro atoms. The molecule has 7 heteroatoms. The van der Waals surface area contributed by atoms with E-state index in [1.54, 1.807) is 0 Å². The zero-order chi connectivity index (χ0) is 13.4. The molecule has 7 nitrogen and oxygen atoms in total. The summed E-state index contributed by atoms with van der Waals surface area (Å²) in [5.74, 6) is 0.788. The van der Waals surface area contributed by atoms with Crippen LogP contribution in [0.15, 0.2) is 24.3 Å². The van der Waals surface area contributed by atoms with Crippen molar-refractivity contribution in [1.29, 1.82) is 0 Å². The third-order valence-corrected chi connectivity index (χ3v) is 3.59. The van der Waals surface area contributed by atoms with Crippen molar-refractivity contribution < 1.29 is 4.74 Å². The summed E-state index contributed by atoms with van der Waals surface area (Å²) in [5.41, 5.74) is 0.670. The molecule has 3 aromatic rings. The van der Waals surface area contributed by atoms with Gasteiger partial charge < -0.3 is 10.1 Å². The van der Waals surface area contributed by atoms with Gasteiger partial charge in [0.25, 0.3) is 0 Å². The van der Waals surface area contributed by atoms with E-state index in [2.05, 4.69) is 25.9 Å². The predicted molar refractivity (Wildman–Crippen MR) is 73.5 cm³/mol. The van der Waals surface area contributed by atoms with Crippen molar-refractivity contribution in [2.24, 2.45) is 0 Å². The molecule has 0 radical (unpaired) electrons. The maximum Gasteiger partial charge on any atom is 0.207 e. The number of ether oxygens (including phenoxy) is 1. The van der Waals surface area contributed by atoms with Crippen molar-refractivity contribution in [2.45, 2.75) is 18.9 Å². The minimum absolute atomic E-state index is 0.264. The highest BCUT2D eigenvalue weighted by atomic mass is 16.5. The van der Waals surface area contributed by atoms with Gasteiger partial charge in [0.05, 0.1) is 6.10 Å². The summed E-state index contributed by atoms with van der Waals surface area (Å²) < 4.78 is 7.08. The molecule has 1 unspecified atom stereocenters. The fraction of sp³-hybridized carbons (Fsp3) is 0.385. The van der Waals surface area contributed by atoms with Crippen molar-refractivity contribution in [3.05, 3.63) is 24.3 Å². The number of nitrogens with zero attached hydrogens (tertiary/aromatic N) is 5. The quantitative estimate of drug-likeness (QED) is 0.772. The highest BCUT2D eigenvalue weighted by molar-refractivity contribution is 5.99. The molecule has 0 bridgehead atoms. The summed E-state index contributed by atoms with van der Waals surface area (Å²) in [6.07, 6.45) is 2.49. The van der Waals surface area contributed by atoms with E-state index in [1.165, 1.54) is 4.63 Å². The van der Waals surface area contributed by atoms with Gasteiger partial charge in [-0.15, -0.1) is 14.8 Å². The summed E-state index contributed by atoms with van der Waals surface area (Å²) in [7, 11) is 0. The Morgan fingerprint density at radius 3 is 3.05 bits per heavy atom. The number of nitrogens with one attached hydrogen (secondary N) is 1. The van der Waals surface area contributed by atoms with Gasteiger partial charge in [0.2, 0.25) is 5.65 Å². The highest BCUT2D eigenvalue weighted by Crippen LogP contribution is 2.24. The molecule has 1 aromatic carbocycles. The summed E-state index contributed by atoms with van der Waals surface area (Å²) in [6, 6.07) is 7.98. The van der Waals surface area contributed by atoms with E-state index in [0.717, 1.165) is 42.6 Å². The number of hydrogen-bond donors (Lipinski definition) is 1. The fourth-order valence-corrected chi connectivity index (χ4v) is 2.59. The second-order valence-corrected chi connectivity index (χ2v) is 4.90. The summed E-state index contributed by atoms with van der Waals surface area (Å²) in [6.45, 7) is 1.61. The van der Waals surface area contributed by atoms with Gasteiger partial charge in [0.1, 0.15) is 0 Å². The maximum atomic E-state index is 5.62. The lowest BCUT2D eigenvalue weighted by Gasteiger charge is -2.12. The third kappa shape index (κ3) is 1.87. The second kappa shape index (κ2) is 4.68. The van der Waals surface area contributed by atoms with Crippen molar-refractivity contribution in [3.63, 3.8) is 0 Å². The topological polar surface area (TPSA) is 77.2 Å². The van der Waals surface area contributed by atoms with E-state index >= 15 is 0 Å². The molecular weight excluding hydrogens is 256 g/mol. The lowest BCUT2D eigenvalue weighted by Crippen LogP contribution is -2.19. The fourth-order valence-electron chi connectivity index (χ4n) is 2.59. The molecule has 3 heterocycles. The Bertz CT molecular complexity index is 749. The number of rotatable bonds is 3. The molecule has 1 aliphatic heterocycles. The minimum Gasteiger partial charge on any atom is -0.376 e. The van der Waals surface area contributed by atoms with Gasteiger partial charge in [0, 0.05) is 23.9 Å². The lowest BCUT2D eigenvalue weighted by atomic mass is 10.2. The molecule has 0 aliphatic carbocycles. The van der Waals surface area contributed by atoms with Gasteiger partial charge in [-0.1, -0.05) is 24.3 Å². The SMILES string of the molecule is c1ccc2c(c1)c(NCC1CCCO1)nn1nnnc21. The highest BCUT2D eigenvalue weighted by Gasteiger charge is 2.16. The van der Waals surface area contributed by atoms with E-state index < -0.39 is 0 Å². The van der Waals surface area contributed by atoms with E-state index in [9.17, 15) is 0 Å². The first-order valence-corrected chi connectivity index (χ1v) is 6.74. The number of benzene rings is 1. The van der Waals surface area contributed by atoms with Crippen molar-refractivity contribution in [2.75, 3.05) is 18.5 Å². The van der Waals surface area contributed by atoms with Gasteiger partial charge in [-0.2, -0.15) is 0 Å². The first-order valence-electron chi connectivity index (χ1n) is 6.74. The van der Waals surface area contributed by atoms with Crippen LogP contribution in [0.25, 0.3) is 16.4 Å². The number of hydrogen-bond acceptors (Lipinski definition) is 6. The smallest absolute Gasteiger partial charge is 0.207 e. The average molecular weight is 270 g/mol. The largest absolute Gasteiger partial charge is 0.376 e. The van der Waals surface area contributed by atoms with Gasteiger partial charge >= 0.3 is 0 Å². The summed E-state index contributed by atoms with van der Waals surface area (Å²) in [5, 5.41) is 21.4. The molecule has 102 valence electrons. The van der Waals surface area contributed by atoms with Crippen LogP contribution in [0.3, 0.4) is 0 Å². The van der Waals surface area contributed by atoms with Crippen molar-refractivity contribution in [3.8, 4) is 0 Å². The molecule has 1 N–H and O–H groups in total. The van der Waals surface area contributed by atoms with Crippen LogP contribution in [0.5, 0.6) is 0 Å². The standard InChI is InChI=1S/C13H14N6O/c1-2-6-11-10(5-1)12(14-8-9-4-3-7-20-9)16-19-13(11)15-17-18-19/h1-2,5-6,9H,3-4,7-8H2,(H,14,16). The summed E-state index contributed by atoms with van der Waals surface area (Å²) >= 11 is 0. The molecule has 1 aliphatic rings. The Morgan fingerprint density at radius 2 is 2.20 bits per heavy atom. The van der Waals surface area contributed by atoms with Crippen LogP contribution in [0.1, 0.15) is 12.8 Å². The molecule has 1 saturated heterocycles. The van der Waals surface area contributed by atoms with E-state index in [1.807, 2.05) is 24.3 Å². The van der Waals surface area contributed by atoms with Crippen LogP contribution in [0.4, 0.5) is 5.82 Å². The van der Waals surface area contributed by atoms with Gasteiger partial charge in [-0.05, 0) is 23.3 Å². The van der Waals surface area contributed by atoms with Gasteiger partial charge in [-0.3, -0.25) is 0 Å². The van der Waals surface area contributed by atoms with Crippen LogP contribution in [-0.2, 0) is 4.74 Å². The number of tetrazole rings is 1. The molecule has 4 rings (SSSR count). The zero-order valence-electron chi connectivity index (χ0n) is 10.9. The number of fused-ring (bicyclic) bond motifs is 3. The molecular formula is C13H14N6O. The lowest BCUT2D eigenvalue weighted by molar-refractivity contribution is 0.120. The first kappa shape index (κ1) is 11.5. The number of aromatic nitrogens is 5. The van der Waals surface area contributed by atoms with Crippen LogP contribution in [0.2, 0.25) is 0 Å². The Morgan fingerprint density at radius 1 is 1.30 bits per heavy atom. The Hall–Kier alpha value is -2.28. The predicted octanol–water partition coefficient (Wildman–Crippen LogP) is 1.26. The maximum absolute atomic E-state index is 5.62. The molecule has 0 saturated carbocycles.